The van der Waals surface area contributed by atoms with E-state index in [4.69, 9.17) is 0 Å². The van der Waals surface area contributed by atoms with Crippen LogP contribution < -0.4 is 4.72 Å². The van der Waals surface area contributed by atoms with Gasteiger partial charge in [0.2, 0.25) is 10.0 Å². The molecule has 0 bridgehead atoms. The van der Waals surface area contributed by atoms with Crippen LogP contribution in [0, 0.1) is 0 Å². The molecule has 0 saturated heterocycles. The van der Waals surface area contributed by atoms with E-state index in [0.717, 1.165) is 18.4 Å². The molecule has 90 valence electrons. The highest BCUT2D eigenvalue weighted by Crippen LogP contribution is 2.19. The average molecular weight is 306 g/mol. The van der Waals surface area contributed by atoms with Crippen molar-refractivity contribution < 1.29 is 8.42 Å². The third-order valence-corrected chi connectivity index (χ3v) is 4.98. The highest BCUT2D eigenvalue weighted by molar-refractivity contribution is 9.10. The second-order valence-corrected chi connectivity index (χ2v) is 6.65. The number of hydrogen-bond donors (Lipinski definition) is 1. The minimum absolute atomic E-state index is 0.0625. The lowest BCUT2D eigenvalue weighted by Gasteiger charge is -2.17. The van der Waals surface area contributed by atoms with E-state index in [1.165, 1.54) is 0 Å². The van der Waals surface area contributed by atoms with Crippen LogP contribution in [0.25, 0.3) is 0 Å². The molecule has 0 aliphatic heterocycles. The van der Waals surface area contributed by atoms with Crippen LogP contribution in [0.5, 0.6) is 0 Å². The minimum atomic E-state index is -3.22. The fourth-order valence-electron chi connectivity index (χ4n) is 1.52. The summed E-state index contributed by atoms with van der Waals surface area (Å²) in [7, 11) is -3.22. The smallest absolute Gasteiger partial charge is 0.212 e. The van der Waals surface area contributed by atoms with Crippen molar-refractivity contribution in [3.8, 4) is 0 Å². The van der Waals surface area contributed by atoms with E-state index in [1.54, 1.807) is 0 Å². The van der Waals surface area contributed by atoms with Crippen molar-refractivity contribution in [2.24, 2.45) is 0 Å². The SMILES string of the molecule is CCCC(NS(=O)(=O)CBr)c1ccccc1. The Morgan fingerprint density at radius 2 is 1.94 bits per heavy atom. The van der Waals surface area contributed by atoms with Gasteiger partial charge in [-0.3, -0.25) is 0 Å². The molecule has 0 heterocycles. The van der Waals surface area contributed by atoms with Gasteiger partial charge in [-0.25, -0.2) is 13.1 Å². The predicted molar refractivity (Wildman–Crippen MR) is 69.9 cm³/mol. The number of rotatable bonds is 6. The zero-order valence-electron chi connectivity index (χ0n) is 9.19. The molecule has 16 heavy (non-hydrogen) atoms. The van der Waals surface area contributed by atoms with Gasteiger partial charge < -0.3 is 0 Å². The third-order valence-electron chi connectivity index (χ3n) is 2.24. The van der Waals surface area contributed by atoms with E-state index in [0.29, 0.717) is 0 Å². The van der Waals surface area contributed by atoms with Gasteiger partial charge in [0.05, 0.1) is 0 Å². The van der Waals surface area contributed by atoms with Crippen molar-refractivity contribution in [2.45, 2.75) is 25.8 Å². The standard InChI is InChI=1S/C11H16BrNO2S/c1-2-6-11(13-16(14,15)9-12)10-7-4-3-5-8-10/h3-5,7-8,11,13H,2,6,9H2,1H3. The second kappa shape index (κ2) is 6.37. The molecule has 5 heteroatoms. The van der Waals surface area contributed by atoms with E-state index in [9.17, 15) is 8.42 Å². The van der Waals surface area contributed by atoms with Crippen molar-refractivity contribution in [2.75, 3.05) is 4.66 Å². The lowest BCUT2D eigenvalue weighted by molar-refractivity contribution is 0.540. The van der Waals surface area contributed by atoms with Gasteiger partial charge in [0, 0.05) is 6.04 Å². The van der Waals surface area contributed by atoms with E-state index in [-0.39, 0.29) is 10.7 Å². The Bertz CT molecular complexity index is 405. The molecule has 1 atom stereocenters. The largest absolute Gasteiger partial charge is 0.222 e. The molecule has 1 aromatic carbocycles. The summed E-state index contributed by atoms with van der Waals surface area (Å²) in [6, 6.07) is 9.51. The van der Waals surface area contributed by atoms with Gasteiger partial charge >= 0.3 is 0 Å². The number of halogens is 1. The summed E-state index contributed by atoms with van der Waals surface area (Å²) in [5.74, 6) is 0. The maximum absolute atomic E-state index is 11.5. The summed E-state index contributed by atoms with van der Waals surface area (Å²) in [5.41, 5.74) is 1.01. The van der Waals surface area contributed by atoms with E-state index in [1.807, 2.05) is 37.3 Å². The van der Waals surface area contributed by atoms with Crippen LogP contribution >= 0.6 is 15.9 Å². The Hall–Kier alpha value is -0.390. The summed E-state index contributed by atoms with van der Waals surface area (Å²) in [6.07, 6.45) is 1.74. The van der Waals surface area contributed by atoms with Crippen LogP contribution in [0.4, 0.5) is 0 Å². The first-order chi connectivity index (χ1) is 7.59. The molecule has 1 N–H and O–H groups in total. The lowest BCUT2D eigenvalue weighted by atomic mass is 10.0. The van der Waals surface area contributed by atoms with E-state index < -0.39 is 10.0 Å². The van der Waals surface area contributed by atoms with Gasteiger partial charge in [0.25, 0.3) is 0 Å². The van der Waals surface area contributed by atoms with Crippen LogP contribution in [0.1, 0.15) is 31.4 Å². The molecule has 0 aliphatic rings. The maximum atomic E-state index is 11.5. The molecule has 0 spiro atoms. The second-order valence-electron chi connectivity index (χ2n) is 3.59. The van der Waals surface area contributed by atoms with Crippen molar-refractivity contribution in [3.05, 3.63) is 35.9 Å². The molecular formula is C11H16BrNO2S. The topological polar surface area (TPSA) is 46.2 Å². The van der Waals surface area contributed by atoms with Gasteiger partial charge in [-0.05, 0) is 12.0 Å². The third kappa shape index (κ3) is 4.23. The molecule has 0 fully saturated rings. The number of alkyl halides is 1. The minimum Gasteiger partial charge on any atom is -0.212 e. The zero-order chi connectivity index (χ0) is 12.0. The summed E-state index contributed by atoms with van der Waals surface area (Å²) >= 11 is 2.97. The number of nitrogens with one attached hydrogen (secondary N) is 1. The first-order valence-electron chi connectivity index (χ1n) is 5.20. The maximum Gasteiger partial charge on any atom is 0.222 e. The zero-order valence-corrected chi connectivity index (χ0v) is 11.6. The number of benzene rings is 1. The number of sulfonamides is 1. The molecular weight excluding hydrogens is 290 g/mol. The first-order valence-corrected chi connectivity index (χ1v) is 7.97. The summed E-state index contributed by atoms with van der Waals surface area (Å²) in [5, 5.41) is 0. The number of hydrogen-bond acceptors (Lipinski definition) is 2. The molecule has 0 saturated carbocycles. The Labute approximate surface area is 105 Å². The van der Waals surface area contributed by atoms with Crippen LogP contribution in [-0.4, -0.2) is 13.1 Å². The summed E-state index contributed by atoms with van der Waals surface area (Å²) in [4.78, 5) is 0. The molecule has 1 aromatic rings. The van der Waals surface area contributed by atoms with Crippen molar-refractivity contribution in [3.63, 3.8) is 0 Å². The molecule has 0 radical (unpaired) electrons. The van der Waals surface area contributed by atoms with Crippen LogP contribution in [0.2, 0.25) is 0 Å². The fraction of sp³-hybridized carbons (Fsp3) is 0.455. The van der Waals surface area contributed by atoms with Gasteiger partial charge in [-0.15, -0.1) is 0 Å². The highest BCUT2D eigenvalue weighted by atomic mass is 79.9. The van der Waals surface area contributed by atoms with E-state index >= 15 is 0 Å². The summed E-state index contributed by atoms with van der Waals surface area (Å²) in [6.45, 7) is 2.04. The van der Waals surface area contributed by atoms with Gasteiger partial charge in [-0.2, -0.15) is 0 Å². The van der Waals surface area contributed by atoms with Gasteiger partial charge in [0.15, 0.2) is 0 Å². The molecule has 0 aliphatic carbocycles. The van der Waals surface area contributed by atoms with Crippen molar-refractivity contribution >= 4 is 26.0 Å². The Kier molecular flexibility index (Phi) is 5.44. The predicted octanol–water partition coefficient (Wildman–Crippen LogP) is 2.80. The quantitative estimate of drug-likeness (QED) is 0.822. The highest BCUT2D eigenvalue weighted by Gasteiger charge is 2.17. The molecule has 1 rings (SSSR count). The monoisotopic (exact) mass is 305 g/mol. The van der Waals surface area contributed by atoms with Crippen LogP contribution in [0.3, 0.4) is 0 Å². The van der Waals surface area contributed by atoms with Crippen LogP contribution in [0.15, 0.2) is 30.3 Å². The van der Waals surface area contributed by atoms with E-state index in [2.05, 4.69) is 20.7 Å². The average Bonchev–Trinajstić information content (AvgIpc) is 2.29. The Morgan fingerprint density at radius 3 is 2.44 bits per heavy atom. The Morgan fingerprint density at radius 1 is 1.31 bits per heavy atom. The van der Waals surface area contributed by atoms with Crippen molar-refractivity contribution in [1.29, 1.82) is 0 Å². The normalized spacial score (nSPS) is 13.6. The summed E-state index contributed by atoms with van der Waals surface area (Å²) < 4.78 is 25.6. The van der Waals surface area contributed by atoms with Gasteiger partial charge in [-0.1, -0.05) is 59.6 Å². The molecule has 3 nitrogen and oxygen atoms in total. The Balaban J connectivity index is 2.84. The van der Waals surface area contributed by atoms with Crippen molar-refractivity contribution in [1.82, 2.24) is 4.72 Å². The first kappa shape index (κ1) is 13.7. The van der Waals surface area contributed by atoms with Crippen LogP contribution in [-0.2, 0) is 10.0 Å². The molecule has 0 aromatic heterocycles. The molecule has 0 amide bonds. The lowest BCUT2D eigenvalue weighted by Crippen LogP contribution is -2.29. The van der Waals surface area contributed by atoms with Gasteiger partial charge in [0.1, 0.15) is 4.66 Å². The fourth-order valence-corrected chi connectivity index (χ4v) is 2.66. The molecule has 1 unspecified atom stereocenters.